The Morgan fingerprint density at radius 2 is 1.11 bits per heavy atom. The summed E-state index contributed by atoms with van der Waals surface area (Å²) in [6.07, 6.45) is 5.07. The molecule has 8 aromatic carbocycles. The average molecular weight is 829 g/mol. The molecule has 8 rings (SSSR count). The first-order valence-corrected chi connectivity index (χ1v) is 27.1. The molecule has 0 heterocycles. The molecule has 53 heavy (non-hydrogen) atoms. The second-order valence-electron chi connectivity index (χ2n) is 14.0. The standard InChI is InChI=1S/C25H25.C22H19.C2H6Si.2ClH.Zr/c1-3-4-5-9-19-16-24-18(2)14-15-23(25(24)17-19)22-13-8-11-20-10-6-7-12-21(20)22;1-15(2)18-13-17-9-6-12-21(22(17)14-18)20-11-5-8-16-7-3-4-10-19(16)20;1-3-2;;;/h6-8,10-17H,3-5,9H2,1-2H3;3-15H,1-2H3;1-2H3;2*1H;/q2*-1;;;;+4/p-2. The number of aryl methyl sites for hydroxylation is 2. The van der Waals surface area contributed by atoms with Gasteiger partial charge in [-0.1, -0.05) is 168 Å². The molecular formula is C49H50Cl2SiZr. The van der Waals surface area contributed by atoms with Crippen LogP contribution < -0.4 is 0 Å². The van der Waals surface area contributed by atoms with Crippen LogP contribution in [0.2, 0.25) is 13.1 Å². The second kappa shape index (κ2) is 20.4. The van der Waals surface area contributed by atoms with Crippen molar-refractivity contribution in [1.82, 2.24) is 0 Å². The summed E-state index contributed by atoms with van der Waals surface area (Å²) in [5.74, 6) is 0.563. The van der Waals surface area contributed by atoms with Crippen LogP contribution in [0.25, 0.3) is 65.3 Å². The number of unbranched alkanes of at least 4 members (excludes halogenated alkanes) is 2. The molecule has 0 aliphatic heterocycles. The van der Waals surface area contributed by atoms with E-state index in [-0.39, 0.29) is 0 Å². The zero-order valence-corrected chi connectivity index (χ0v) is 36.9. The molecule has 0 N–H and O–H groups in total. The molecule has 4 heteroatoms. The van der Waals surface area contributed by atoms with E-state index in [9.17, 15) is 0 Å². The van der Waals surface area contributed by atoms with Gasteiger partial charge in [-0.15, -0.1) is 68.6 Å². The minimum absolute atomic E-state index is 0.563. The summed E-state index contributed by atoms with van der Waals surface area (Å²) in [4.78, 5) is 0. The summed E-state index contributed by atoms with van der Waals surface area (Å²) in [7, 11) is 11.0. The zero-order valence-electron chi connectivity index (χ0n) is 31.9. The third kappa shape index (κ3) is 10.1. The van der Waals surface area contributed by atoms with Gasteiger partial charge in [-0.25, -0.2) is 0 Å². The fourth-order valence-corrected chi connectivity index (χ4v) is 7.21. The zero-order chi connectivity index (χ0) is 37.7. The Kier molecular flexibility index (Phi) is 15.8. The van der Waals surface area contributed by atoms with Crippen molar-refractivity contribution < 1.29 is 20.8 Å². The van der Waals surface area contributed by atoms with Crippen LogP contribution in [0.4, 0.5) is 0 Å². The van der Waals surface area contributed by atoms with E-state index in [1.54, 1.807) is 0 Å². The molecule has 0 aliphatic rings. The predicted octanol–water partition coefficient (Wildman–Crippen LogP) is 16.1. The molecule has 268 valence electrons. The van der Waals surface area contributed by atoms with Crippen LogP contribution in [0.5, 0.6) is 0 Å². The summed E-state index contributed by atoms with van der Waals surface area (Å²) in [6, 6.07) is 51.3. The van der Waals surface area contributed by atoms with E-state index in [1.165, 1.54) is 108 Å². The van der Waals surface area contributed by atoms with Crippen molar-refractivity contribution in [1.29, 1.82) is 0 Å². The number of halogens is 2. The first-order valence-electron chi connectivity index (χ1n) is 18.7. The SMILES string of the molecule is CC(C)c1cc2c(-c3cccc4ccccc34)cccc2[cH-]1.CCCCCc1cc2c(-c3cccc4ccccc34)ccc(C)c2[cH-]1.C[Si]C.[Cl][Zr+2][Cl]. The second-order valence-corrected chi connectivity index (χ2v) is 18.7. The fourth-order valence-electron chi connectivity index (χ4n) is 7.21. The monoisotopic (exact) mass is 826 g/mol. The first kappa shape index (κ1) is 40.9. The number of fused-ring (bicyclic) bond motifs is 4. The minimum atomic E-state index is -0.826. The summed E-state index contributed by atoms with van der Waals surface area (Å²) in [5.41, 5.74) is 9.64. The molecule has 2 radical (unpaired) electrons. The van der Waals surface area contributed by atoms with Gasteiger partial charge in [0.15, 0.2) is 0 Å². The van der Waals surface area contributed by atoms with Gasteiger partial charge in [0.05, 0.1) is 0 Å². The number of rotatable bonds is 7. The van der Waals surface area contributed by atoms with E-state index >= 15 is 0 Å². The van der Waals surface area contributed by atoms with Gasteiger partial charge in [-0.2, -0.15) is 12.1 Å². The van der Waals surface area contributed by atoms with E-state index < -0.39 is 20.8 Å². The van der Waals surface area contributed by atoms with Gasteiger partial charge < -0.3 is 0 Å². The molecule has 0 saturated carbocycles. The molecule has 0 spiro atoms. The van der Waals surface area contributed by atoms with Crippen LogP contribution in [0.15, 0.2) is 140 Å². The molecular weight excluding hydrogens is 779 g/mol. The topological polar surface area (TPSA) is 0 Å². The third-order valence-electron chi connectivity index (χ3n) is 9.83. The summed E-state index contributed by atoms with van der Waals surface area (Å²) in [6.45, 7) is 13.3. The number of benzene rings is 6. The normalized spacial score (nSPS) is 10.7. The van der Waals surface area contributed by atoms with Crippen molar-refractivity contribution in [2.24, 2.45) is 0 Å². The molecule has 0 amide bonds. The molecule has 0 bridgehead atoms. The Morgan fingerprint density at radius 1 is 0.604 bits per heavy atom. The van der Waals surface area contributed by atoms with Crippen LogP contribution in [-0.4, -0.2) is 9.52 Å². The van der Waals surface area contributed by atoms with Crippen molar-refractivity contribution in [3.63, 3.8) is 0 Å². The maximum atomic E-state index is 4.93. The van der Waals surface area contributed by atoms with Gasteiger partial charge in [0, 0.05) is 9.52 Å². The van der Waals surface area contributed by atoms with Gasteiger partial charge in [0.2, 0.25) is 0 Å². The number of hydrogen-bond acceptors (Lipinski definition) is 0. The van der Waals surface area contributed by atoms with Crippen LogP contribution in [0, 0.1) is 6.92 Å². The maximum absolute atomic E-state index is 4.93. The summed E-state index contributed by atoms with van der Waals surface area (Å²) >= 11 is -0.826. The number of hydrogen-bond donors (Lipinski definition) is 0. The van der Waals surface area contributed by atoms with Gasteiger partial charge in [0.25, 0.3) is 0 Å². The van der Waals surface area contributed by atoms with Crippen LogP contribution in [-0.2, 0) is 27.3 Å². The molecule has 0 saturated heterocycles. The first-order chi connectivity index (χ1) is 25.8. The van der Waals surface area contributed by atoms with E-state index in [4.69, 9.17) is 17.0 Å². The third-order valence-corrected chi connectivity index (χ3v) is 9.83. The average Bonchev–Trinajstić information content (AvgIpc) is 3.82. The van der Waals surface area contributed by atoms with Crippen LogP contribution >= 0.6 is 17.0 Å². The Balaban J connectivity index is 0.000000179. The van der Waals surface area contributed by atoms with Crippen molar-refractivity contribution in [2.45, 2.75) is 72.4 Å². The quantitative estimate of drug-likeness (QED) is 0.0853. The van der Waals surface area contributed by atoms with Gasteiger partial charge >= 0.3 is 37.9 Å². The molecule has 0 nitrogen and oxygen atoms in total. The van der Waals surface area contributed by atoms with Gasteiger partial charge in [0.1, 0.15) is 0 Å². The van der Waals surface area contributed by atoms with E-state index in [0.29, 0.717) is 5.92 Å². The Labute approximate surface area is 338 Å². The Hall–Kier alpha value is -3.26. The van der Waals surface area contributed by atoms with Gasteiger partial charge in [-0.3, -0.25) is 0 Å². The van der Waals surface area contributed by atoms with Crippen molar-refractivity contribution in [2.75, 3.05) is 0 Å². The molecule has 0 fully saturated rings. The van der Waals surface area contributed by atoms with Crippen molar-refractivity contribution in [3.05, 3.63) is 156 Å². The molecule has 0 atom stereocenters. The molecule has 0 aromatic heterocycles. The van der Waals surface area contributed by atoms with Gasteiger partial charge in [-0.05, 0) is 45.0 Å². The van der Waals surface area contributed by atoms with E-state index in [1.807, 2.05) is 0 Å². The predicted molar refractivity (Wildman–Crippen MR) is 236 cm³/mol. The van der Waals surface area contributed by atoms with Crippen molar-refractivity contribution in [3.8, 4) is 22.3 Å². The Morgan fingerprint density at radius 3 is 1.68 bits per heavy atom. The summed E-state index contributed by atoms with van der Waals surface area (Å²) in [5, 5.41) is 10.8. The van der Waals surface area contributed by atoms with Crippen LogP contribution in [0.1, 0.15) is 62.6 Å². The van der Waals surface area contributed by atoms with Crippen molar-refractivity contribution >= 4 is 69.6 Å². The fraction of sp³-hybridized carbons (Fsp3) is 0.224. The summed E-state index contributed by atoms with van der Waals surface area (Å²) < 4.78 is 0. The van der Waals surface area contributed by atoms with Crippen LogP contribution in [0.3, 0.4) is 0 Å². The Bertz CT molecular complexity index is 2350. The molecule has 0 aliphatic carbocycles. The molecule has 8 aromatic rings. The van der Waals surface area contributed by atoms with E-state index in [0.717, 1.165) is 9.52 Å². The van der Waals surface area contributed by atoms with E-state index in [2.05, 4.69) is 180 Å². The molecule has 0 unspecified atom stereocenters.